The molecule has 0 aromatic heterocycles. The molecule has 0 radical (unpaired) electrons. The number of hydrogen-bond acceptors (Lipinski definition) is 3. The van der Waals surface area contributed by atoms with Crippen molar-refractivity contribution in [2.45, 2.75) is 6.54 Å². The Bertz CT molecular complexity index is 620. The van der Waals surface area contributed by atoms with Crippen molar-refractivity contribution in [3.05, 3.63) is 58.1 Å². The average Bonchev–Trinajstić information content (AvgIpc) is 2.45. The summed E-state index contributed by atoms with van der Waals surface area (Å²) in [4.78, 5) is 0. The summed E-state index contributed by atoms with van der Waals surface area (Å²) >= 11 is 3.37. The third-order valence-corrected chi connectivity index (χ3v) is 3.38. The summed E-state index contributed by atoms with van der Waals surface area (Å²) in [6.45, 7) is 0.704. The van der Waals surface area contributed by atoms with Crippen LogP contribution >= 0.6 is 15.9 Å². The van der Waals surface area contributed by atoms with Crippen LogP contribution in [0.25, 0.3) is 0 Å². The Morgan fingerprint density at radius 3 is 2.79 bits per heavy atom. The summed E-state index contributed by atoms with van der Waals surface area (Å²) in [5, 5.41) is 12.2. The topological polar surface area (TPSA) is 45.0 Å². The van der Waals surface area contributed by atoms with Gasteiger partial charge in [0.05, 0.1) is 12.7 Å². The number of nitrogens with one attached hydrogen (secondary N) is 1. The number of anilines is 1. The minimum atomic E-state index is 0.631. The van der Waals surface area contributed by atoms with Crippen LogP contribution in [-0.4, -0.2) is 7.11 Å². The molecule has 0 amide bonds. The molecule has 1 N–H and O–H groups in total. The molecule has 2 aromatic carbocycles. The number of methoxy groups -OCH3 is 1. The molecular weight excluding hydrogens is 304 g/mol. The van der Waals surface area contributed by atoms with Gasteiger partial charge in [-0.2, -0.15) is 5.26 Å². The lowest BCUT2D eigenvalue weighted by molar-refractivity contribution is 0.414. The second kappa shape index (κ2) is 6.26. The normalized spacial score (nSPS) is 9.74. The molecule has 0 bridgehead atoms. The first-order valence-electron chi connectivity index (χ1n) is 5.79. The molecule has 2 rings (SSSR count). The molecule has 0 unspecified atom stereocenters. The molecule has 4 heteroatoms. The van der Waals surface area contributed by atoms with E-state index in [4.69, 9.17) is 10.00 Å². The number of ether oxygens (including phenoxy) is 1. The molecule has 96 valence electrons. The Hall–Kier alpha value is -1.99. The van der Waals surface area contributed by atoms with Gasteiger partial charge in [0.2, 0.25) is 0 Å². The zero-order valence-electron chi connectivity index (χ0n) is 10.5. The zero-order chi connectivity index (χ0) is 13.7. The molecule has 0 aliphatic heterocycles. The van der Waals surface area contributed by atoms with Crippen LogP contribution in [-0.2, 0) is 6.54 Å². The fourth-order valence-electron chi connectivity index (χ4n) is 1.70. The molecule has 0 fully saturated rings. The average molecular weight is 317 g/mol. The number of nitriles is 1. The largest absolute Gasteiger partial charge is 0.497 e. The Kier molecular flexibility index (Phi) is 4.43. The maximum atomic E-state index is 8.86. The van der Waals surface area contributed by atoms with E-state index in [0.717, 1.165) is 21.5 Å². The summed E-state index contributed by atoms with van der Waals surface area (Å²) < 4.78 is 5.98. The van der Waals surface area contributed by atoms with E-state index in [1.54, 1.807) is 13.2 Å². The smallest absolute Gasteiger partial charge is 0.119 e. The third-order valence-electron chi connectivity index (χ3n) is 2.72. The van der Waals surface area contributed by atoms with Crippen LogP contribution in [0.5, 0.6) is 5.75 Å². The van der Waals surface area contributed by atoms with Gasteiger partial charge in [0.25, 0.3) is 0 Å². The summed E-state index contributed by atoms with van der Waals surface area (Å²) in [6, 6.07) is 15.6. The Morgan fingerprint density at radius 1 is 1.26 bits per heavy atom. The molecule has 3 nitrogen and oxygen atoms in total. The highest BCUT2D eigenvalue weighted by molar-refractivity contribution is 9.10. The second-order valence-corrected chi connectivity index (χ2v) is 4.87. The Labute approximate surface area is 121 Å². The molecular formula is C15H13BrN2O. The van der Waals surface area contributed by atoms with Crippen LogP contribution < -0.4 is 10.1 Å². The van der Waals surface area contributed by atoms with Crippen molar-refractivity contribution in [1.82, 2.24) is 0 Å². The van der Waals surface area contributed by atoms with Crippen LogP contribution in [0.15, 0.2) is 46.9 Å². The van der Waals surface area contributed by atoms with Gasteiger partial charge in [-0.05, 0) is 51.8 Å². The predicted molar refractivity (Wildman–Crippen MR) is 79.2 cm³/mol. The third kappa shape index (κ3) is 3.49. The van der Waals surface area contributed by atoms with Crippen LogP contribution in [0.2, 0.25) is 0 Å². The predicted octanol–water partition coefficient (Wildman–Crippen LogP) is 3.94. The van der Waals surface area contributed by atoms with Crippen LogP contribution in [0.3, 0.4) is 0 Å². The maximum Gasteiger partial charge on any atom is 0.119 e. The first-order valence-corrected chi connectivity index (χ1v) is 6.58. The maximum absolute atomic E-state index is 8.86. The lowest BCUT2D eigenvalue weighted by atomic mass is 10.2. The Morgan fingerprint density at radius 2 is 2.11 bits per heavy atom. The van der Waals surface area contributed by atoms with Crippen molar-refractivity contribution in [3.8, 4) is 11.8 Å². The number of halogens is 1. The van der Waals surface area contributed by atoms with Gasteiger partial charge < -0.3 is 10.1 Å². The number of rotatable bonds is 4. The first-order chi connectivity index (χ1) is 9.22. The van der Waals surface area contributed by atoms with Gasteiger partial charge in [0.15, 0.2) is 0 Å². The van der Waals surface area contributed by atoms with Gasteiger partial charge in [-0.25, -0.2) is 0 Å². The molecule has 0 atom stereocenters. The standard InChI is InChI=1S/C15H13BrN2O/c1-19-14-4-2-3-11(7-14)10-18-13-6-5-12(9-17)15(16)8-13/h2-8,18H,10H2,1H3. The second-order valence-electron chi connectivity index (χ2n) is 4.01. The van der Waals surface area contributed by atoms with E-state index in [1.807, 2.05) is 36.4 Å². The minimum absolute atomic E-state index is 0.631. The molecule has 2 aromatic rings. The fourth-order valence-corrected chi connectivity index (χ4v) is 2.17. The van der Waals surface area contributed by atoms with Crippen molar-refractivity contribution >= 4 is 21.6 Å². The number of nitrogens with zero attached hydrogens (tertiary/aromatic N) is 1. The van der Waals surface area contributed by atoms with Crippen molar-refractivity contribution in [2.24, 2.45) is 0 Å². The molecule has 0 spiro atoms. The summed E-state index contributed by atoms with van der Waals surface area (Å²) in [7, 11) is 1.66. The highest BCUT2D eigenvalue weighted by Gasteiger charge is 2.01. The molecule has 0 aliphatic carbocycles. The van der Waals surface area contributed by atoms with Gasteiger partial charge in [-0.15, -0.1) is 0 Å². The monoisotopic (exact) mass is 316 g/mol. The van der Waals surface area contributed by atoms with E-state index in [1.165, 1.54) is 0 Å². The van der Waals surface area contributed by atoms with E-state index in [2.05, 4.69) is 27.3 Å². The summed E-state index contributed by atoms with van der Waals surface area (Å²) in [5.41, 5.74) is 2.74. The van der Waals surface area contributed by atoms with E-state index in [0.29, 0.717) is 12.1 Å². The van der Waals surface area contributed by atoms with E-state index < -0.39 is 0 Å². The fraction of sp³-hybridized carbons (Fsp3) is 0.133. The Balaban J connectivity index is 2.06. The molecule has 0 aliphatic rings. The zero-order valence-corrected chi connectivity index (χ0v) is 12.1. The molecule has 0 saturated carbocycles. The van der Waals surface area contributed by atoms with Crippen molar-refractivity contribution < 1.29 is 4.74 Å². The van der Waals surface area contributed by atoms with Crippen LogP contribution in [0.4, 0.5) is 5.69 Å². The SMILES string of the molecule is COc1cccc(CNc2ccc(C#N)c(Br)c2)c1. The van der Waals surface area contributed by atoms with Crippen molar-refractivity contribution in [3.63, 3.8) is 0 Å². The molecule has 19 heavy (non-hydrogen) atoms. The van der Waals surface area contributed by atoms with Gasteiger partial charge in [-0.1, -0.05) is 12.1 Å². The highest BCUT2D eigenvalue weighted by Crippen LogP contribution is 2.21. The number of benzene rings is 2. The molecule has 0 heterocycles. The van der Waals surface area contributed by atoms with E-state index in [9.17, 15) is 0 Å². The van der Waals surface area contributed by atoms with E-state index in [-0.39, 0.29) is 0 Å². The summed E-state index contributed by atoms with van der Waals surface area (Å²) in [5.74, 6) is 0.848. The highest BCUT2D eigenvalue weighted by atomic mass is 79.9. The molecule has 0 saturated heterocycles. The van der Waals surface area contributed by atoms with Crippen LogP contribution in [0.1, 0.15) is 11.1 Å². The van der Waals surface area contributed by atoms with E-state index >= 15 is 0 Å². The van der Waals surface area contributed by atoms with Gasteiger partial charge >= 0.3 is 0 Å². The van der Waals surface area contributed by atoms with Crippen LogP contribution in [0, 0.1) is 11.3 Å². The van der Waals surface area contributed by atoms with Gasteiger partial charge in [0.1, 0.15) is 11.8 Å². The van der Waals surface area contributed by atoms with Crippen molar-refractivity contribution in [1.29, 1.82) is 5.26 Å². The van der Waals surface area contributed by atoms with Gasteiger partial charge in [0, 0.05) is 16.7 Å². The first kappa shape index (κ1) is 13.4. The van der Waals surface area contributed by atoms with Crippen molar-refractivity contribution in [2.75, 3.05) is 12.4 Å². The lowest BCUT2D eigenvalue weighted by Crippen LogP contribution is -1.99. The minimum Gasteiger partial charge on any atom is -0.497 e. The van der Waals surface area contributed by atoms with Gasteiger partial charge in [-0.3, -0.25) is 0 Å². The lowest BCUT2D eigenvalue weighted by Gasteiger charge is -2.08. The summed E-state index contributed by atoms with van der Waals surface area (Å²) in [6.07, 6.45) is 0. The quantitative estimate of drug-likeness (QED) is 0.929. The number of hydrogen-bond donors (Lipinski definition) is 1.